The highest BCUT2D eigenvalue weighted by molar-refractivity contribution is 6.31. The molecule has 0 aliphatic carbocycles. The van der Waals surface area contributed by atoms with Crippen molar-refractivity contribution < 1.29 is 18.3 Å². The number of carbonyl (C=O) groups excluding carboxylic acids is 1. The van der Waals surface area contributed by atoms with Gasteiger partial charge in [-0.3, -0.25) is 9.78 Å². The maximum atomic E-state index is 13.6. The summed E-state index contributed by atoms with van der Waals surface area (Å²) in [5, 5.41) is 18.8. The van der Waals surface area contributed by atoms with Gasteiger partial charge in [0, 0.05) is 29.9 Å². The Hall–Kier alpha value is -3.90. The summed E-state index contributed by atoms with van der Waals surface area (Å²) >= 11 is 5.89. The second-order valence-electron chi connectivity index (χ2n) is 7.00. The molecule has 0 aliphatic heterocycles. The Morgan fingerprint density at radius 3 is 2.76 bits per heavy atom. The van der Waals surface area contributed by atoms with Crippen LogP contribution >= 0.6 is 11.6 Å². The van der Waals surface area contributed by atoms with Crippen LogP contribution in [0.25, 0.3) is 10.9 Å². The zero-order valence-corrected chi connectivity index (χ0v) is 19.3. The number of aromatic nitrogens is 1. The van der Waals surface area contributed by atoms with Gasteiger partial charge in [-0.15, -0.1) is 0 Å². The lowest BCUT2D eigenvalue weighted by Gasteiger charge is -2.17. The number of fused-ring (bicyclic) bond motifs is 1. The van der Waals surface area contributed by atoms with E-state index >= 15 is 0 Å². The number of likely N-dealkylation sites (N-methyl/N-ethyl adjacent to an activating group) is 1. The Morgan fingerprint density at radius 2 is 2.12 bits per heavy atom. The predicted octanol–water partition coefficient (Wildman–Crippen LogP) is 5.44. The molecule has 0 unspecified atom stereocenters. The molecule has 176 valence electrons. The van der Waals surface area contributed by atoms with Crippen molar-refractivity contribution in [2.24, 2.45) is 0 Å². The van der Waals surface area contributed by atoms with Gasteiger partial charge >= 0.3 is 0 Å². The molecule has 0 radical (unpaired) electrons. The first-order valence-corrected chi connectivity index (χ1v) is 10.8. The van der Waals surface area contributed by atoms with Gasteiger partial charge in [0.05, 0.1) is 33.2 Å². The van der Waals surface area contributed by atoms with Crippen molar-refractivity contribution in [2.45, 2.75) is 13.8 Å². The minimum absolute atomic E-state index is 0.0842. The van der Waals surface area contributed by atoms with E-state index in [0.29, 0.717) is 34.5 Å². The first-order valence-electron chi connectivity index (χ1n) is 10.4. The molecule has 0 spiro atoms. The van der Waals surface area contributed by atoms with Crippen LogP contribution in [-0.4, -0.2) is 30.7 Å². The number of ether oxygens (including phenoxy) is 1. The average Bonchev–Trinajstić information content (AvgIpc) is 2.83. The number of amides is 1. The number of anilines is 3. The molecule has 3 rings (SSSR count). The highest BCUT2D eigenvalue weighted by Gasteiger charge is 2.17. The molecule has 34 heavy (non-hydrogen) atoms. The monoisotopic (exact) mass is 485 g/mol. The van der Waals surface area contributed by atoms with E-state index in [1.165, 1.54) is 24.4 Å². The summed E-state index contributed by atoms with van der Waals surface area (Å²) in [5.41, 5.74) is 2.08. The van der Waals surface area contributed by atoms with Gasteiger partial charge in [0.2, 0.25) is 0 Å². The minimum atomic E-state index is -0.720. The Balaban J connectivity index is 2.14. The molecule has 2 aromatic carbocycles. The number of carbonyl (C=O) groups is 1. The molecule has 0 atom stereocenters. The average molecular weight is 486 g/mol. The molecular weight excluding hydrogens is 464 g/mol. The van der Waals surface area contributed by atoms with Crippen molar-refractivity contribution in [2.75, 3.05) is 30.5 Å². The van der Waals surface area contributed by atoms with Crippen molar-refractivity contribution in [1.82, 2.24) is 10.3 Å². The summed E-state index contributed by atoms with van der Waals surface area (Å²) in [6.07, 6.45) is 3.00. The summed E-state index contributed by atoms with van der Waals surface area (Å²) < 4.78 is 31.9. The van der Waals surface area contributed by atoms with Crippen molar-refractivity contribution in [1.29, 1.82) is 5.26 Å². The Kier molecular flexibility index (Phi) is 8.22. The van der Waals surface area contributed by atoms with E-state index in [-0.39, 0.29) is 28.6 Å². The Bertz CT molecular complexity index is 1290. The highest BCUT2D eigenvalue weighted by Crippen LogP contribution is 2.36. The Labute approximate surface area is 200 Å². The van der Waals surface area contributed by atoms with E-state index in [9.17, 15) is 18.8 Å². The molecule has 1 amide bonds. The molecule has 0 fully saturated rings. The fourth-order valence-electron chi connectivity index (χ4n) is 3.22. The van der Waals surface area contributed by atoms with Gasteiger partial charge in [0.15, 0.2) is 0 Å². The normalized spacial score (nSPS) is 11.1. The third-order valence-electron chi connectivity index (χ3n) is 4.76. The van der Waals surface area contributed by atoms with Gasteiger partial charge in [0.25, 0.3) is 5.91 Å². The predicted molar refractivity (Wildman–Crippen MR) is 129 cm³/mol. The number of hydrogen-bond acceptors (Lipinski definition) is 6. The largest absolute Gasteiger partial charge is 0.489 e. The molecule has 0 aliphatic rings. The van der Waals surface area contributed by atoms with Crippen LogP contribution in [0.5, 0.6) is 5.75 Å². The molecule has 0 bridgehead atoms. The van der Waals surface area contributed by atoms with Gasteiger partial charge in [-0.2, -0.15) is 5.26 Å². The van der Waals surface area contributed by atoms with Crippen molar-refractivity contribution in [3.63, 3.8) is 0 Å². The number of nitrogens with one attached hydrogen (secondary N) is 3. The number of pyridine rings is 1. The molecule has 1 heterocycles. The number of nitrogens with zero attached hydrogens (tertiary/aromatic N) is 2. The number of benzene rings is 2. The van der Waals surface area contributed by atoms with Crippen LogP contribution in [0.2, 0.25) is 5.02 Å². The zero-order valence-electron chi connectivity index (χ0n) is 18.5. The maximum absolute atomic E-state index is 13.6. The number of nitriles is 1. The highest BCUT2D eigenvalue weighted by atomic mass is 35.5. The number of alkyl halides is 1. The summed E-state index contributed by atoms with van der Waals surface area (Å²) in [5.74, 6) is -0.774. The number of rotatable bonds is 9. The van der Waals surface area contributed by atoms with E-state index in [4.69, 9.17) is 16.3 Å². The summed E-state index contributed by atoms with van der Waals surface area (Å²) in [6.45, 7) is 3.18. The molecule has 10 heteroatoms. The topological polar surface area (TPSA) is 99.1 Å². The van der Waals surface area contributed by atoms with Crippen LogP contribution < -0.4 is 20.7 Å². The quantitative estimate of drug-likeness (QED) is 0.349. The zero-order chi connectivity index (χ0) is 24.7. The van der Waals surface area contributed by atoms with E-state index in [1.807, 2.05) is 6.92 Å². The lowest BCUT2D eigenvalue weighted by molar-refractivity contribution is -0.113. The molecule has 0 saturated carbocycles. The molecule has 7 nitrogen and oxygen atoms in total. The molecule has 0 saturated heterocycles. The van der Waals surface area contributed by atoms with Gasteiger partial charge in [-0.1, -0.05) is 17.7 Å². The lowest BCUT2D eigenvalue weighted by Crippen LogP contribution is -2.25. The van der Waals surface area contributed by atoms with Crippen LogP contribution in [-0.2, 0) is 4.79 Å². The summed E-state index contributed by atoms with van der Waals surface area (Å²) in [6, 6.07) is 9.27. The van der Waals surface area contributed by atoms with Gasteiger partial charge in [0.1, 0.15) is 30.9 Å². The van der Waals surface area contributed by atoms with Crippen molar-refractivity contribution in [3.8, 4) is 11.8 Å². The van der Waals surface area contributed by atoms with Crippen molar-refractivity contribution >= 4 is 45.5 Å². The summed E-state index contributed by atoms with van der Waals surface area (Å²) in [4.78, 5) is 17.1. The van der Waals surface area contributed by atoms with Crippen LogP contribution in [0, 0.1) is 17.1 Å². The fraction of sp³-hybridized carbons (Fsp3) is 0.208. The Morgan fingerprint density at radius 1 is 1.32 bits per heavy atom. The van der Waals surface area contributed by atoms with Gasteiger partial charge in [-0.25, -0.2) is 8.78 Å². The maximum Gasteiger partial charge on any atom is 0.271 e. The van der Waals surface area contributed by atoms with Crippen LogP contribution in [0.1, 0.15) is 19.4 Å². The van der Waals surface area contributed by atoms with E-state index in [1.54, 1.807) is 25.1 Å². The lowest BCUT2D eigenvalue weighted by atomic mass is 10.1. The second-order valence-corrected chi connectivity index (χ2v) is 7.41. The molecule has 3 aromatic rings. The van der Waals surface area contributed by atoms with Gasteiger partial charge in [-0.05, 0) is 38.1 Å². The van der Waals surface area contributed by atoms with E-state index < -0.39 is 18.4 Å². The van der Waals surface area contributed by atoms with Gasteiger partial charge < -0.3 is 20.7 Å². The summed E-state index contributed by atoms with van der Waals surface area (Å²) in [7, 11) is 0. The SMILES string of the molecule is CC=C(NCC)C(=O)Nc1cc2c(Nc3ccc(F)c(Cl)c3)c(C#N)cnc2cc1OCCF. The number of halogens is 3. The van der Waals surface area contributed by atoms with Crippen LogP contribution in [0.3, 0.4) is 0 Å². The molecule has 3 N–H and O–H groups in total. The van der Waals surface area contributed by atoms with E-state index in [0.717, 1.165) is 0 Å². The van der Waals surface area contributed by atoms with Crippen LogP contribution in [0.15, 0.2) is 48.3 Å². The smallest absolute Gasteiger partial charge is 0.271 e. The first-order chi connectivity index (χ1) is 16.4. The van der Waals surface area contributed by atoms with Crippen LogP contribution in [0.4, 0.5) is 25.8 Å². The second kappa shape index (κ2) is 11.3. The minimum Gasteiger partial charge on any atom is -0.489 e. The number of hydrogen-bond donors (Lipinski definition) is 3. The first kappa shape index (κ1) is 24.7. The third-order valence-corrected chi connectivity index (χ3v) is 5.05. The number of allylic oxidation sites excluding steroid dienone is 1. The molecular formula is C24H22ClF2N5O2. The van der Waals surface area contributed by atoms with Crippen molar-refractivity contribution in [3.05, 3.63) is 64.7 Å². The van der Waals surface area contributed by atoms with E-state index in [2.05, 4.69) is 27.0 Å². The standard InChI is InChI=1S/C24H22ClF2N5O2/c1-3-19(29-4-2)24(33)32-21-10-16-20(11-22(21)34-8-7-26)30-13-14(12-28)23(16)31-15-5-6-18(27)17(25)9-15/h3,5-6,9-11,13,29H,4,7-8H2,1-2H3,(H,30,31)(H,32,33). The molecule has 1 aromatic heterocycles. The third kappa shape index (κ3) is 5.53. The fourth-order valence-corrected chi connectivity index (χ4v) is 3.40.